The average molecular weight is 1190 g/mol. The summed E-state index contributed by atoms with van der Waals surface area (Å²) >= 11 is 0. The van der Waals surface area contributed by atoms with Gasteiger partial charge in [-0.3, -0.25) is 39.0 Å². The molecule has 7 amide bonds. The fourth-order valence-electron chi connectivity index (χ4n) is 11.4. The van der Waals surface area contributed by atoms with Crippen molar-refractivity contribution in [2.24, 2.45) is 23.1 Å². The van der Waals surface area contributed by atoms with Gasteiger partial charge in [-0.25, -0.2) is 4.79 Å². The van der Waals surface area contributed by atoms with Gasteiger partial charge in [-0.1, -0.05) is 80.6 Å². The third-order valence-corrected chi connectivity index (χ3v) is 16.0. The van der Waals surface area contributed by atoms with Crippen molar-refractivity contribution in [1.29, 1.82) is 5.41 Å². The van der Waals surface area contributed by atoms with Gasteiger partial charge in [-0.15, -0.1) is 0 Å². The van der Waals surface area contributed by atoms with Crippen LogP contribution in [0.4, 0.5) is 0 Å². The van der Waals surface area contributed by atoms with Crippen LogP contribution in [0.1, 0.15) is 134 Å². The first-order valence-corrected chi connectivity index (χ1v) is 29.4. The third-order valence-electron chi connectivity index (χ3n) is 16.0. The number of nitrogens with two attached hydrogens (primary N) is 3. The molecule has 0 bridgehead atoms. The lowest BCUT2D eigenvalue weighted by molar-refractivity contribution is -0.134. The number of aromatic hydroxyl groups is 2. The van der Waals surface area contributed by atoms with Crippen LogP contribution < -0.4 is 53.8 Å². The molecule has 8 rings (SSSR count). The molecule has 3 heterocycles. The predicted molar refractivity (Wildman–Crippen MR) is 322 cm³/mol. The molecule has 0 saturated carbocycles. The molecule has 1 fully saturated rings. The minimum absolute atomic E-state index is 0.000365. The molecule has 460 valence electrons. The normalized spacial score (nSPS) is 16.5. The number of carbonyl (C=O) groups excluding carboxylic acids is 8. The second kappa shape index (κ2) is 28.2. The van der Waals surface area contributed by atoms with Gasteiger partial charge in [-0.05, 0) is 125 Å². The van der Waals surface area contributed by atoms with Crippen LogP contribution in [0, 0.1) is 11.3 Å². The highest BCUT2D eigenvalue weighted by molar-refractivity contribution is 6.02. The molecule has 5 aromatic rings. The van der Waals surface area contributed by atoms with Crippen molar-refractivity contribution in [2.45, 2.75) is 133 Å². The molecule has 1 spiro atoms. The van der Waals surface area contributed by atoms with Crippen molar-refractivity contribution in [3.8, 4) is 23.0 Å². The first kappa shape index (κ1) is 63.7. The summed E-state index contributed by atoms with van der Waals surface area (Å²) in [4.78, 5) is 113. The Hall–Kier alpha value is -9.35. The van der Waals surface area contributed by atoms with Crippen LogP contribution >= 0.6 is 0 Å². The maximum Gasteiger partial charge on any atom is 0.340 e. The summed E-state index contributed by atoms with van der Waals surface area (Å²) in [6.07, 6.45) is 2.63. The van der Waals surface area contributed by atoms with Gasteiger partial charge in [0.25, 0.3) is 5.91 Å². The maximum absolute atomic E-state index is 15.0. The third kappa shape index (κ3) is 14.5. The van der Waals surface area contributed by atoms with Crippen LogP contribution in [0.5, 0.6) is 23.0 Å². The Kier molecular flexibility index (Phi) is 20.7. The molecule has 23 heteroatoms. The number of nitrogens with one attached hydrogen (secondary N) is 7. The number of ether oxygens (including phenoxy) is 2. The summed E-state index contributed by atoms with van der Waals surface area (Å²) in [7, 11) is 0. The fraction of sp³-hybridized carbons (Fsp3) is 0.391. The van der Waals surface area contributed by atoms with E-state index in [0.717, 1.165) is 0 Å². The van der Waals surface area contributed by atoms with Gasteiger partial charge in [0, 0.05) is 53.4 Å². The Morgan fingerprint density at radius 3 is 1.85 bits per heavy atom. The van der Waals surface area contributed by atoms with Crippen LogP contribution in [0.15, 0.2) is 115 Å². The van der Waals surface area contributed by atoms with E-state index in [4.69, 9.17) is 26.7 Å². The SMILES string of the molecule is CC(C)[C@H](NC(=O)[C@H](C)N)C(=N)N1CCC[C@H]1C(=O)N[C@H](C(=O)N[C@@H](C)C(=O)N[C@@H](CCCCNC(=O)c1ccc2c(c1)C(=O)OC21c2ccc(O)cc2Oc2cc(O)ccc21)C(=O)N[C@@H](CCCCN)C(N)=O)C(c1ccccc1)c1ccccc1. The van der Waals surface area contributed by atoms with Crippen molar-refractivity contribution in [3.63, 3.8) is 0 Å². The van der Waals surface area contributed by atoms with E-state index in [0.29, 0.717) is 66.6 Å². The summed E-state index contributed by atoms with van der Waals surface area (Å²) in [5.41, 5.74) is 18.6. The number of hydrogen-bond donors (Lipinski definition) is 12. The molecule has 5 aromatic carbocycles. The number of esters is 1. The highest BCUT2D eigenvalue weighted by atomic mass is 16.6. The van der Waals surface area contributed by atoms with E-state index in [-0.39, 0.29) is 78.1 Å². The highest BCUT2D eigenvalue weighted by Crippen LogP contribution is 2.57. The molecule has 0 unspecified atom stereocenters. The van der Waals surface area contributed by atoms with Gasteiger partial charge in [0.1, 0.15) is 59.0 Å². The number of primary amides is 1. The predicted octanol–water partition coefficient (Wildman–Crippen LogP) is 3.90. The molecule has 0 aliphatic carbocycles. The smallest absolute Gasteiger partial charge is 0.340 e. The van der Waals surface area contributed by atoms with Gasteiger partial charge in [0.15, 0.2) is 5.60 Å². The van der Waals surface area contributed by atoms with E-state index in [1.807, 2.05) is 50.2 Å². The molecule has 23 nitrogen and oxygen atoms in total. The molecule has 3 aliphatic heterocycles. The number of fused-ring (bicyclic) bond motifs is 6. The van der Waals surface area contributed by atoms with Crippen molar-refractivity contribution in [2.75, 3.05) is 19.6 Å². The van der Waals surface area contributed by atoms with E-state index >= 15 is 0 Å². The van der Waals surface area contributed by atoms with Crippen molar-refractivity contribution in [3.05, 3.63) is 154 Å². The topological polar surface area (TPSA) is 373 Å². The molecule has 7 atom stereocenters. The lowest BCUT2D eigenvalue weighted by Gasteiger charge is -2.36. The molecule has 0 aromatic heterocycles. The molecular formula is C64H77N11O12. The lowest BCUT2D eigenvalue weighted by atomic mass is 9.77. The van der Waals surface area contributed by atoms with Crippen LogP contribution in [0.25, 0.3) is 0 Å². The van der Waals surface area contributed by atoms with Gasteiger partial charge in [0.05, 0.1) is 17.6 Å². The number of rotatable bonds is 26. The van der Waals surface area contributed by atoms with Crippen LogP contribution in [0.2, 0.25) is 0 Å². The maximum atomic E-state index is 15.0. The Labute approximate surface area is 504 Å². The quantitative estimate of drug-likeness (QED) is 0.0162. The van der Waals surface area contributed by atoms with Gasteiger partial charge in [-0.2, -0.15) is 0 Å². The Balaban J connectivity index is 0.974. The van der Waals surface area contributed by atoms with Gasteiger partial charge < -0.3 is 73.7 Å². The largest absolute Gasteiger partial charge is 0.508 e. The van der Waals surface area contributed by atoms with Gasteiger partial charge in [0.2, 0.25) is 35.4 Å². The van der Waals surface area contributed by atoms with Crippen LogP contribution in [-0.4, -0.2) is 130 Å². The zero-order valence-corrected chi connectivity index (χ0v) is 49.1. The van der Waals surface area contributed by atoms with Crippen molar-refractivity contribution < 1.29 is 58.0 Å². The van der Waals surface area contributed by atoms with E-state index in [1.54, 1.807) is 53.4 Å². The van der Waals surface area contributed by atoms with Crippen LogP contribution in [-0.2, 0) is 39.1 Å². The summed E-state index contributed by atoms with van der Waals surface area (Å²) < 4.78 is 12.2. The number of unbranched alkanes of at least 4 members (excludes halogenated alkanes) is 2. The first-order valence-electron chi connectivity index (χ1n) is 29.4. The zero-order valence-electron chi connectivity index (χ0n) is 49.1. The second-order valence-corrected chi connectivity index (χ2v) is 22.6. The summed E-state index contributed by atoms with van der Waals surface area (Å²) in [5.74, 6) is -6.10. The minimum Gasteiger partial charge on any atom is -0.508 e. The number of likely N-dealkylation sites (tertiary alicyclic amines) is 1. The standard InChI is InChI=1S/C64H77N11O12/c1-35(2)53(73-57(79)36(3)66)55(67)75-31-15-22-49(75)61(83)74-54(52(38-16-7-5-8-17-38)39-18-9-6-10-19-39)62(84)70-37(4)58(80)72-48(60(82)71-47(56(68)78)20-11-13-29-65)21-12-14-30-69-59(81)40-23-26-44-43(32-40)63(85)87-64(44)45-27-24-41(76)33-50(45)86-51-34-42(77)25-28-46(51)64/h5-10,16-19,23-28,32-37,47-49,52-54,67,76-77H,11-15,20-22,29-31,65-66H2,1-4H3,(H2,68,78)(H,69,81)(H,70,84)(H,71,82)(H,72,80)(H,73,79)(H,74,83)/t36-,37-,47-,48-,49-,53-,54-/m0/s1. The Bertz CT molecular complexity index is 3290. The molecule has 15 N–H and O–H groups in total. The number of hydrogen-bond acceptors (Lipinski definition) is 15. The number of carbonyl (C=O) groups is 8. The van der Waals surface area contributed by atoms with E-state index < -0.39 is 101 Å². The molecular weight excluding hydrogens is 1110 g/mol. The number of phenolic OH excluding ortho intramolecular Hbond substituents is 2. The second-order valence-electron chi connectivity index (χ2n) is 22.6. The number of nitrogens with zero attached hydrogens (tertiary/aromatic N) is 1. The fourth-order valence-corrected chi connectivity index (χ4v) is 11.4. The molecule has 3 aliphatic rings. The average Bonchev–Trinajstić information content (AvgIpc) is 1.63. The first-order chi connectivity index (χ1) is 41.6. The lowest BCUT2D eigenvalue weighted by Crippen LogP contribution is -2.60. The zero-order chi connectivity index (χ0) is 62.7. The number of amidine groups is 1. The summed E-state index contributed by atoms with van der Waals surface area (Å²) in [5, 5.41) is 46.8. The summed E-state index contributed by atoms with van der Waals surface area (Å²) in [6.45, 7) is 7.43. The Morgan fingerprint density at radius 1 is 0.678 bits per heavy atom. The molecule has 0 radical (unpaired) electrons. The number of amides is 7. The monoisotopic (exact) mass is 1190 g/mol. The molecule has 87 heavy (non-hydrogen) atoms. The van der Waals surface area contributed by atoms with E-state index in [2.05, 4.69) is 31.9 Å². The van der Waals surface area contributed by atoms with Crippen LogP contribution in [0.3, 0.4) is 0 Å². The van der Waals surface area contributed by atoms with Gasteiger partial charge >= 0.3 is 5.97 Å². The minimum atomic E-state index is -1.53. The Morgan fingerprint density at radius 2 is 1.26 bits per heavy atom. The number of phenols is 2. The molecule has 1 saturated heterocycles. The van der Waals surface area contributed by atoms with Crippen molar-refractivity contribution in [1.82, 2.24) is 36.8 Å². The van der Waals surface area contributed by atoms with Crippen molar-refractivity contribution >= 4 is 53.2 Å². The number of benzene rings is 5. The van der Waals surface area contributed by atoms with E-state index in [1.165, 1.54) is 44.2 Å². The van der Waals surface area contributed by atoms with E-state index in [9.17, 15) is 54.0 Å². The highest BCUT2D eigenvalue weighted by Gasteiger charge is 2.54. The summed E-state index contributed by atoms with van der Waals surface area (Å²) in [6, 6.07) is 23.9.